The van der Waals surface area contributed by atoms with Gasteiger partial charge in [0, 0.05) is 19.6 Å². The lowest BCUT2D eigenvalue weighted by Gasteiger charge is -2.26. The number of nitrogens with two attached hydrogens (primary N) is 1. The molecule has 124 valence electrons. The molecule has 7 heteroatoms. The monoisotopic (exact) mass is 319 g/mol. The quantitative estimate of drug-likeness (QED) is 0.791. The number of carbonyl (C=O) groups is 3. The summed E-state index contributed by atoms with van der Waals surface area (Å²) in [7, 11) is 0. The maximum absolute atomic E-state index is 11.9. The highest BCUT2D eigenvalue weighted by Crippen LogP contribution is 2.10. The maximum atomic E-state index is 11.9. The fraction of sp³-hybridized carbons (Fsp3) is 0.438. The van der Waals surface area contributed by atoms with Gasteiger partial charge >= 0.3 is 12.0 Å². The molecule has 2 rings (SSSR count). The minimum atomic E-state index is -0.607. The first kappa shape index (κ1) is 16.8. The second-order valence-electron chi connectivity index (χ2n) is 5.43. The minimum absolute atomic E-state index is 0.152. The molecule has 1 aliphatic rings. The summed E-state index contributed by atoms with van der Waals surface area (Å²) >= 11 is 0. The van der Waals surface area contributed by atoms with Crippen LogP contribution in [-0.4, -0.2) is 42.5 Å². The standard InChI is InChI=1S/C16H21N3O4/c17-16(22)18-10-12-4-6-13(7-5-12)15(21)23-11-14(20)19-8-2-1-3-9-19/h4-7H,1-3,8-11H2,(H3,17,18,22). The van der Waals surface area contributed by atoms with Gasteiger partial charge in [-0.15, -0.1) is 0 Å². The number of ether oxygens (including phenoxy) is 1. The van der Waals surface area contributed by atoms with Crippen LogP contribution in [0.4, 0.5) is 4.79 Å². The number of piperidine rings is 1. The molecule has 0 aromatic heterocycles. The summed E-state index contributed by atoms with van der Waals surface area (Å²) in [6.45, 7) is 1.53. The number of urea groups is 1. The Morgan fingerprint density at radius 2 is 1.74 bits per heavy atom. The van der Waals surface area contributed by atoms with E-state index < -0.39 is 12.0 Å². The largest absolute Gasteiger partial charge is 0.452 e. The molecule has 1 heterocycles. The van der Waals surface area contributed by atoms with Gasteiger partial charge in [-0.3, -0.25) is 4.79 Å². The Morgan fingerprint density at radius 3 is 2.35 bits per heavy atom. The normalized spacial score (nSPS) is 14.2. The zero-order valence-electron chi connectivity index (χ0n) is 12.9. The van der Waals surface area contributed by atoms with Crippen molar-refractivity contribution < 1.29 is 19.1 Å². The SMILES string of the molecule is NC(=O)NCc1ccc(C(=O)OCC(=O)N2CCCCC2)cc1. The Kier molecular flexibility index (Phi) is 5.96. The molecule has 0 radical (unpaired) electrons. The first-order valence-electron chi connectivity index (χ1n) is 7.63. The van der Waals surface area contributed by atoms with Crippen LogP contribution in [0.15, 0.2) is 24.3 Å². The molecule has 0 saturated carbocycles. The van der Waals surface area contributed by atoms with Crippen molar-refractivity contribution in [2.24, 2.45) is 5.73 Å². The first-order valence-corrected chi connectivity index (χ1v) is 7.63. The van der Waals surface area contributed by atoms with Gasteiger partial charge in [-0.25, -0.2) is 9.59 Å². The summed E-state index contributed by atoms with van der Waals surface area (Å²) in [5, 5.41) is 2.46. The molecule has 3 N–H and O–H groups in total. The van der Waals surface area contributed by atoms with E-state index in [1.165, 1.54) is 0 Å². The molecule has 1 saturated heterocycles. The maximum Gasteiger partial charge on any atom is 0.338 e. The Labute approximate surface area is 134 Å². The zero-order chi connectivity index (χ0) is 16.7. The predicted octanol–water partition coefficient (Wildman–Crippen LogP) is 1.02. The average Bonchev–Trinajstić information content (AvgIpc) is 2.58. The van der Waals surface area contributed by atoms with Crippen LogP contribution in [0.5, 0.6) is 0 Å². The van der Waals surface area contributed by atoms with E-state index in [1.807, 2.05) is 0 Å². The number of nitrogens with one attached hydrogen (secondary N) is 1. The third-order valence-corrected chi connectivity index (χ3v) is 3.69. The van der Waals surface area contributed by atoms with Gasteiger partial charge in [-0.2, -0.15) is 0 Å². The van der Waals surface area contributed by atoms with Crippen molar-refractivity contribution >= 4 is 17.9 Å². The van der Waals surface area contributed by atoms with E-state index in [2.05, 4.69) is 5.32 Å². The van der Waals surface area contributed by atoms with Gasteiger partial charge in [0.15, 0.2) is 6.61 Å². The number of nitrogens with zero attached hydrogens (tertiary/aromatic N) is 1. The highest BCUT2D eigenvalue weighted by atomic mass is 16.5. The van der Waals surface area contributed by atoms with Crippen molar-refractivity contribution in [2.75, 3.05) is 19.7 Å². The van der Waals surface area contributed by atoms with Crippen molar-refractivity contribution in [2.45, 2.75) is 25.8 Å². The lowest BCUT2D eigenvalue weighted by Crippen LogP contribution is -2.38. The lowest BCUT2D eigenvalue weighted by molar-refractivity contribution is -0.135. The average molecular weight is 319 g/mol. The number of benzene rings is 1. The minimum Gasteiger partial charge on any atom is -0.452 e. The molecular weight excluding hydrogens is 298 g/mol. The second kappa shape index (κ2) is 8.17. The third-order valence-electron chi connectivity index (χ3n) is 3.69. The van der Waals surface area contributed by atoms with E-state index >= 15 is 0 Å². The Balaban J connectivity index is 1.80. The summed E-state index contributed by atoms with van der Waals surface area (Å²) in [6.07, 6.45) is 3.14. The van der Waals surface area contributed by atoms with Crippen LogP contribution in [0.3, 0.4) is 0 Å². The lowest BCUT2D eigenvalue weighted by atomic mass is 10.1. The molecule has 0 atom stereocenters. The van der Waals surface area contributed by atoms with E-state index in [0.717, 1.165) is 37.9 Å². The number of hydrogen-bond donors (Lipinski definition) is 2. The van der Waals surface area contributed by atoms with Gasteiger partial charge < -0.3 is 20.7 Å². The number of hydrogen-bond acceptors (Lipinski definition) is 4. The van der Waals surface area contributed by atoms with E-state index in [-0.39, 0.29) is 19.1 Å². The Bertz CT molecular complexity index is 565. The summed E-state index contributed by atoms with van der Waals surface area (Å²) in [5.74, 6) is -0.690. The topological polar surface area (TPSA) is 102 Å². The van der Waals surface area contributed by atoms with Crippen LogP contribution in [0.2, 0.25) is 0 Å². The summed E-state index contributed by atoms with van der Waals surface area (Å²) in [4.78, 5) is 36.2. The summed E-state index contributed by atoms with van der Waals surface area (Å²) in [6, 6.07) is 5.96. The van der Waals surface area contributed by atoms with Crippen LogP contribution in [0.25, 0.3) is 0 Å². The first-order chi connectivity index (χ1) is 11.1. The molecule has 1 aliphatic heterocycles. The van der Waals surface area contributed by atoms with Crippen LogP contribution < -0.4 is 11.1 Å². The van der Waals surface area contributed by atoms with Crippen molar-refractivity contribution in [1.29, 1.82) is 0 Å². The van der Waals surface area contributed by atoms with Crippen molar-refractivity contribution in [3.63, 3.8) is 0 Å². The van der Waals surface area contributed by atoms with Gasteiger partial charge in [0.25, 0.3) is 5.91 Å². The smallest absolute Gasteiger partial charge is 0.338 e. The van der Waals surface area contributed by atoms with E-state index in [4.69, 9.17) is 10.5 Å². The van der Waals surface area contributed by atoms with Crippen LogP contribution in [0, 0.1) is 0 Å². The summed E-state index contributed by atoms with van der Waals surface area (Å²) < 4.78 is 5.06. The molecule has 1 fully saturated rings. The van der Waals surface area contributed by atoms with Gasteiger partial charge in [0.1, 0.15) is 0 Å². The van der Waals surface area contributed by atoms with E-state index in [9.17, 15) is 14.4 Å². The van der Waals surface area contributed by atoms with Gasteiger partial charge in [-0.05, 0) is 37.0 Å². The number of likely N-dealkylation sites (tertiary alicyclic amines) is 1. The number of esters is 1. The molecule has 7 nitrogen and oxygen atoms in total. The highest BCUT2D eigenvalue weighted by molar-refractivity contribution is 5.91. The van der Waals surface area contributed by atoms with Crippen molar-refractivity contribution in [3.8, 4) is 0 Å². The van der Waals surface area contributed by atoms with Crippen LogP contribution >= 0.6 is 0 Å². The Morgan fingerprint density at radius 1 is 1.09 bits per heavy atom. The summed E-state index contributed by atoms with van der Waals surface area (Å²) in [5.41, 5.74) is 6.16. The van der Waals surface area contributed by atoms with E-state index in [0.29, 0.717) is 5.56 Å². The van der Waals surface area contributed by atoms with Crippen molar-refractivity contribution in [3.05, 3.63) is 35.4 Å². The molecule has 0 bridgehead atoms. The molecule has 1 aromatic carbocycles. The fourth-order valence-electron chi connectivity index (χ4n) is 2.39. The Hall–Kier alpha value is -2.57. The number of amides is 3. The van der Waals surface area contributed by atoms with Crippen LogP contribution in [0.1, 0.15) is 35.2 Å². The van der Waals surface area contributed by atoms with Crippen molar-refractivity contribution in [1.82, 2.24) is 10.2 Å². The zero-order valence-corrected chi connectivity index (χ0v) is 12.9. The van der Waals surface area contributed by atoms with Gasteiger partial charge in [0.2, 0.25) is 0 Å². The predicted molar refractivity (Wildman–Crippen MR) is 83.6 cm³/mol. The molecule has 0 aliphatic carbocycles. The molecule has 3 amide bonds. The highest BCUT2D eigenvalue weighted by Gasteiger charge is 2.18. The van der Waals surface area contributed by atoms with Crippen LogP contribution in [-0.2, 0) is 16.1 Å². The molecule has 23 heavy (non-hydrogen) atoms. The number of rotatable bonds is 5. The second-order valence-corrected chi connectivity index (χ2v) is 5.43. The molecule has 0 unspecified atom stereocenters. The molecule has 1 aromatic rings. The number of primary amides is 1. The third kappa shape index (κ3) is 5.28. The molecule has 0 spiro atoms. The van der Waals surface area contributed by atoms with Gasteiger partial charge in [0.05, 0.1) is 5.56 Å². The van der Waals surface area contributed by atoms with Gasteiger partial charge in [-0.1, -0.05) is 12.1 Å². The molecular formula is C16H21N3O4. The van der Waals surface area contributed by atoms with E-state index in [1.54, 1.807) is 29.2 Å². The fourth-order valence-corrected chi connectivity index (χ4v) is 2.39. The number of carbonyl (C=O) groups excluding carboxylic acids is 3.